The van der Waals surface area contributed by atoms with E-state index in [2.05, 4.69) is 25.5 Å². The van der Waals surface area contributed by atoms with E-state index in [0.717, 1.165) is 30.5 Å². The number of nitrogens with zero attached hydrogens (tertiary/aromatic N) is 5. The van der Waals surface area contributed by atoms with Crippen LogP contribution in [0.5, 0.6) is 11.8 Å². The minimum absolute atomic E-state index is 0.0351. The number of likely N-dealkylation sites (tertiary alicyclic amines) is 1. The predicted octanol–water partition coefficient (Wildman–Crippen LogP) is 4.91. The molecule has 2 aliphatic rings. The van der Waals surface area contributed by atoms with E-state index in [0.29, 0.717) is 81.8 Å². The third-order valence-electron chi connectivity index (χ3n) is 8.82. The molecule has 2 saturated heterocycles. The molecule has 0 saturated carbocycles. The first-order chi connectivity index (χ1) is 22.8. The van der Waals surface area contributed by atoms with Crippen LogP contribution < -0.4 is 20.1 Å². The number of carbonyl (C=O) groups excluding carboxylic acids is 1. The first-order valence-electron chi connectivity index (χ1n) is 15.6. The van der Waals surface area contributed by atoms with Crippen molar-refractivity contribution in [3.8, 4) is 45.4 Å². The van der Waals surface area contributed by atoms with Crippen LogP contribution in [0, 0.1) is 0 Å². The molecule has 11 nitrogen and oxygen atoms in total. The number of methoxy groups -OCH3 is 2. The lowest BCUT2D eigenvalue weighted by Crippen LogP contribution is -2.35. The fourth-order valence-electron chi connectivity index (χ4n) is 6.08. The largest absolute Gasteiger partial charge is 0.480 e. The van der Waals surface area contributed by atoms with Gasteiger partial charge in [0.05, 0.1) is 54.2 Å². The molecule has 0 aliphatic carbocycles. The Bertz CT molecular complexity index is 1770. The average Bonchev–Trinajstić information content (AvgIpc) is 3.65. The number of benzene rings is 2. The molecule has 2 aliphatic heterocycles. The average molecular weight is 679 g/mol. The van der Waals surface area contributed by atoms with Crippen molar-refractivity contribution in [1.82, 2.24) is 35.5 Å². The number of carbonyl (C=O) groups is 1. The van der Waals surface area contributed by atoms with Gasteiger partial charge in [0, 0.05) is 66.9 Å². The Morgan fingerprint density at radius 2 is 1.49 bits per heavy atom. The third kappa shape index (κ3) is 7.05. The highest BCUT2D eigenvalue weighted by Crippen LogP contribution is 2.42. The van der Waals surface area contributed by atoms with Gasteiger partial charge in [0.15, 0.2) is 0 Å². The smallest absolute Gasteiger partial charge is 0.237 e. The highest BCUT2D eigenvalue weighted by atomic mass is 35.5. The molecule has 1 amide bonds. The number of ether oxygens (including phenoxy) is 2. The van der Waals surface area contributed by atoms with Gasteiger partial charge in [-0.2, -0.15) is 0 Å². The van der Waals surface area contributed by atoms with Gasteiger partial charge >= 0.3 is 0 Å². The lowest BCUT2D eigenvalue weighted by molar-refractivity contribution is -0.119. The van der Waals surface area contributed by atoms with Crippen LogP contribution >= 0.6 is 23.2 Å². The first-order valence-corrected chi connectivity index (χ1v) is 16.3. The molecular formula is C34H37Cl2N7O4. The fraction of sp³-hybridized carbons (Fsp3) is 0.382. The lowest BCUT2D eigenvalue weighted by atomic mass is 9.98. The van der Waals surface area contributed by atoms with Gasteiger partial charge in [0.2, 0.25) is 17.7 Å². The first kappa shape index (κ1) is 33.0. The van der Waals surface area contributed by atoms with E-state index in [-0.39, 0.29) is 24.1 Å². The van der Waals surface area contributed by atoms with Crippen LogP contribution in [0.3, 0.4) is 0 Å². The molecule has 6 rings (SSSR count). The van der Waals surface area contributed by atoms with Gasteiger partial charge in [-0.25, -0.2) is 9.97 Å². The molecule has 2 aromatic heterocycles. The molecule has 13 heteroatoms. The second kappa shape index (κ2) is 14.5. The summed E-state index contributed by atoms with van der Waals surface area (Å²) in [7, 11) is 3.13. The van der Waals surface area contributed by atoms with E-state index in [1.165, 1.54) is 0 Å². The maximum Gasteiger partial charge on any atom is 0.237 e. The van der Waals surface area contributed by atoms with Gasteiger partial charge < -0.3 is 25.2 Å². The molecule has 0 spiro atoms. The molecule has 47 heavy (non-hydrogen) atoms. The van der Waals surface area contributed by atoms with Crippen molar-refractivity contribution in [2.45, 2.75) is 57.5 Å². The van der Waals surface area contributed by atoms with Crippen LogP contribution in [-0.4, -0.2) is 81.3 Å². The zero-order chi connectivity index (χ0) is 33.1. The Morgan fingerprint density at radius 3 is 2.02 bits per heavy atom. The molecule has 3 N–H and O–H groups in total. The summed E-state index contributed by atoms with van der Waals surface area (Å²) in [5.41, 5.74) is 5.27. The molecule has 0 unspecified atom stereocenters. The Hall–Kier alpha value is -3.87. The second-order valence-electron chi connectivity index (χ2n) is 11.8. The maximum absolute atomic E-state index is 11.5. The molecule has 0 bridgehead atoms. The number of aromatic nitrogens is 4. The molecule has 0 radical (unpaired) electrons. The summed E-state index contributed by atoms with van der Waals surface area (Å²) in [4.78, 5) is 32.4. The van der Waals surface area contributed by atoms with Crippen molar-refractivity contribution in [2.24, 2.45) is 0 Å². The highest BCUT2D eigenvalue weighted by Gasteiger charge is 2.30. The maximum atomic E-state index is 11.5. The van der Waals surface area contributed by atoms with Crippen molar-refractivity contribution in [3.63, 3.8) is 0 Å². The Balaban J connectivity index is 1.24. The van der Waals surface area contributed by atoms with Crippen LogP contribution in [0.1, 0.15) is 37.6 Å². The lowest BCUT2D eigenvalue weighted by Gasteiger charge is -2.22. The molecule has 3 atom stereocenters. The zero-order valence-corrected chi connectivity index (χ0v) is 28.0. The summed E-state index contributed by atoms with van der Waals surface area (Å²) in [5, 5.41) is 17.4. The topological polar surface area (TPSA) is 135 Å². The van der Waals surface area contributed by atoms with Gasteiger partial charge in [0.25, 0.3) is 0 Å². The SMILES string of the molecule is COc1nc(-c2cccc(-c3cccc(-c4cnc(CN5CC[C@H](O)[C@@H]5C)c(OC)n4)c3Cl)c2Cl)cnc1CNC[C@@H]1CCC(=O)N1. The van der Waals surface area contributed by atoms with E-state index >= 15 is 0 Å². The van der Waals surface area contributed by atoms with Crippen LogP contribution in [0.2, 0.25) is 10.0 Å². The summed E-state index contributed by atoms with van der Waals surface area (Å²) < 4.78 is 11.2. The standard InChI is InChI=1S/C34H37Cl2N7O4/c1-19-29(44)12-13-43(19)18-28-34(47-3)42-26(17-39-28)24-9-5-7-22(32(24)36)21-6-4-8-23(31(21)35)25-16-38-27(33(41-25)46-2)15-37-14-20-10-11-30(45)40-20/h4-9,16-17,19-20,29,37,44H,10-15,18H2,1-3H3,(H,40,45)/t19-,20-,29-/m0/s1. The second-order valence-corrected chi connectivity index (χ2v) is 12.5. The molecular weight excluding hydrogens is 641 g/mol. The summed E-state index contributed by atoms with van der Waals surface area (Å²) in [6.45, 7) is 4.39. The van der Waals surface area contributed by atoms with E-state index in [1.54, 1.807) is 26.6 Å². The van der Waals surface area contributed by atoms with Crippen LogP contribution in [0.15, 0.2) is 48.8 Å². The van der Waals surface area contributed by atoms with Crippen molar-refractivity contribution in [2.75, 3.05) is 27.3 Å². The van der Waals surface area contributed by atoms with E-state index < -0.39 is 0 Å². The zero-order valence-electron chi connectivity index (χ0n) is 26.5. The summed E-state index contributed by atoms with van der Waals surface area (Å²) in [6, 6.07) is 11.5. The molecule has 2 fully saturated rings. The van der Waals surface area contributed by atoms with E-state index in [1.807, 2.05) is 43.3 Å². The number of nitrogens with one attached hydrogen (secondary N) is 2. The number of aliphatic hydroxyl groups is 1. The third-order valence-corrected chi connectivity index (χ3v) is 9.63. The minimum Gasteiger partial charge on any atom is -0.480 e. The monoisotopic (exact) mass is 677 g/mol. The van der Waals surface area contributed by atoms with Crippen molar-refractivity contribution in [1.29, 1.82) is 0 Å². The Morgan fingerprint density at radius 1 is 0.915 bits per heavy atom. The summed E-state index contributed by atoms with van der Waals surface area (Å²) in [5.74, 6) is 0.881. The minimum atomic E-state index is -0.352. The highest BCUT2D eigenvalue weighted by molar-refractivity contribution is 6.39. The van der Waals surface area contributed by atoms with Gasteiger partial charge in [-0.15, -0.1) is 0 Å². The number of hydrogen-bond donors (Lipinski definition) is 3. The molecule has 4 aromatic rings. The summed E-state index contributed by atoms with van der Waals surface area (Å²) in [6.07, 6.45) is 5.12. The van der Waals surface area contributed by atoms with E-state index in [4.69, 9.17) is 42.6 Å². The molecule has 246 valence electrons. The summed E-state index contributed by atoms with van der Waals surface area (Å²) >= 11 is 14.1. The predicted molar refractivity (Wildman–Crippen MR) is 180 cm³/mol. The Labute approximate surface area is 283 Å². The van der Waals surface area contributed by atoms with Crippen molar-refractivity contribution in [3.05, 3.63) is 70.2 Å². The number of hydrogen-bond acceptors (Lipinski definition) is 10. The Kier molecular flexibility index (Phi) is 10.2. The quantitative estimate of drug-likeness (QED) is 0.201. The number of rotatable bonds is 11. The number of aliphatic hydroxyl groups excluding tert-OH is 1. The van der Waals surface area contributed by atoms with Gasteiger partial charge in [-0.05, 0) is 19.8 Å². The number of amides is 1. The van der Waals surface area contributed by atoms with Crippen LogP contribution in [0.4, 0.5) is 0 Å². The number of halogens is 2. The van der Waals surface area contributed by atoms with Gasteiger partial charge in [-0.3, -0.25) is 19.7 Å². The fourth-order valence-corrected chi connectivity index (χ4v) is 6.73. The van der Waals surface area contributed by atoms with Crippen molar-refractivity contribution >= 4 is 29.1 Å². The van der Waals surface area contributed by atoms with E-state index in [9.17, 15) is 9.90 Å². The molecule has 2 aromatic carbocycles. The van der Waals surface area contributed by atoms with Crippen LogP contribution in [0.25, 0.3) is 33.6 Å². The van der Waals surface area contributed by atoms with Crippen LogP contribution in [-0.2, 0) is 17.9 Å². The normalized spacial score (nSPS) is 19.6. The van der Waals surface area contributed by atoms with Gasteiger partial charge in [0.1, 0.15) is 11.4 Å². The van der Waals surface area contributed by atoms with Crippen molar-refractivity contribution < 1.29 is 19.4 Å². The van der Waals surface area contributed by atoms with Gasteiger partial charge in [-0.1, -0.05) is 59.6 Å². The molecule has 4 heterocycles.